The van der Waals surface area contributed by atoms with Crippen LogP contribution in [0.4, 0.5) is 0 Å². The topological polar surface area (TPSA) is 12.0 Å². The van der Waals surface area contributed by atoms with E-state index in [4.69, 9.17) is 0 Å². The van der Waals surface area contributed by atoms with Crippen LogP contribution in [0, 0.1) is 6.92 Å². The zero-order chi connectivity index (χ0) is 13.7. The maximum absolute atomic E-state index is 3.94. The molecule has 0 spiro atoms. The van der Waals surface area contributed by atoms with Crippen LogP contribution in [0.2, 0.25) is 0 Å². The third kappa shape index (κ3) is 3.82. The van der Waals surface area contributed by atoms with Crippen LogP contribution in [-0.4, -0.2) is 6.04 Å². The molecule has 106 valence electrons. The van der Waals surface area contributed by atoms with Crippen LogP contribution in [0.15, 0.2) is 18.2 Å². The van der Waals surface area contributed by atoms with E-state index in [1.807, 2.05) is 0 Å². The number of hydrogen-bond donors (Lipinski definition) is 1. The van der Waals surface area contributed by atoms with Crippen molar-refractivity contribution < 1.29 is 0 Å². The number of nitrogens with one attached hydrogen (secondary N) is 1. The number of hydrogen-bond acceptors (Lipinski definition) is 1. The molecule has 0 fully saturated rings. The lowest BCUT2D eigenvalue weighted by Gasteiger charge is -2.23. The molecule has 1 aromatic rings. The average molecular weight is 259 g/mol. The highest BCUT2D eigenvalue weighted by atomic mass is 15.0. The molecule has 2 rings (SSSR count). The maximum Gasteiger partial charge on any atom is 0.0328 e. The summed E-state index contributed by atoms with van der Waals surface area (Å²) in [6.45, 7) is 6.79. The van der Waals surface area contributed by atoms with Gasteiger partial charge in [-0.15, -0.1) is 0 Å². The quantitative estimate of drug-likeness (QED) is 0.732. The fourth-order valence-corrected chi connectivity index (χ4v) is 3.29. The van der Waals surface area contributed by atoms with Gasteiger partial charge in [0.1, 0.15) is 0 Å². The Morgan fingerprint density at radius 1 is 1.21 bits per heavy atom. The smallest absolute Gasteiger partial charge is 0.0328 e. The molecule has 1 aliphatic rings. The maximum atomic E-state index is 3.94. The zero-order valence-corrected chi connectivity index (χ0v) is 12.8. The van der Waals surface area contributed by atoms with Crippen molar-refractivity contribution in [2.45, 2.75) is 77.8 Å². The average Bonchev–Trinajstić information content (AvgIpc) is 2.79. The van der Waals surface area contributed by atoms with Crippen molar-refractivity contribution in [3.05, 3.63) is 34.9 Å². The molecular formula is C18H29N. The SMILES string of the molecule is CCCCC(CCC)NC1CCc2ccc(C)cc21. The summed E-state index contributed by atoms with van der Waals surface area (Å²) < 4.78 is 0. The fourth-order valence-electron chi connectivity index (χ4n) is 3.29. The molecule has 0 aliphatic heterocycles. The largest absolute Gasteiger partial charge is 0.307 e. The first kappa shape index (κ1) is 14.6. The summed E-state index contributed by atoms with van der Waals surface area (Å²) in [5.41, 5.74) is 4.53. The molecule has 0 amide bonds. The van der Waals surface area contributed by atoms with Crippen molar-refractivity contribution in [1.82, 2.24) is 5.32 Å². The second kappa shape index (κ2) is 7.09. The summed E-state index contributed by atoms with van der Waals surface area (Å²) in [7, 11) is 0. The molecule has 2 atom stereocenters. The highest BCUT2D eigenvalue weighted by molar-refractivity contribution is 5.37. The Balaban J connectivity index is 2.01. The third-order valence-electron chi connectivity index (χ3n) is 4.36. The Kier molecular flexibility index (Phi) is 5.45. The first-order valence-electron chi connectivity index (χ1n) is 8.10. The standard InChI is InChI=1S/C18H29N/c1-4-6-8-16(7-5-2)19-18-12-11-15-10-9-14(3)13-17(15)18/h9-10,13,16,18-19H,4-8,11-12H2,1-3H3. The Hall–Kier alpha value is -0.820. The van der Waals surface area contributed by atoms with Crippen LogP contribution in [0.3, 0.4) is 0 Å². The van der Waals surface area contributed by atoms with Crippen molar-refractivity contribution in [3.8, 4) is 0 Å². The van der Waals surface area contributed by atoms with Gasteiger partial charge >= 0.3 is 0 Å². The monoisotopic (exact) mass is 259 g/mol. The van der Waals surface area contributed by atoms with Crippen molar-refractivity contribution in [1.29, 1.82) is 0 Å². The predicted octanol–water partition coefficient (Wildman–Crippen LogP) is 4.93. The van der Waals surface area contributed by atoms with Gasteiger partial charge in [0.05, 0.1) is 0 Å². The summed E-state index contributed by atoms with van der Waals surface area (Å²) >= 11 is 0. The van der Waals surface area contributed by atoms with E-state index in [-0.39, 0.29) is 0 Å². The number of unbranched alkanes of at least 4 members (excludes halogenated alkanes) is 1. The first-order chi connectivity index (χ1) is 9.24. The van der Waals surface area contributed by atoms with Crippen molar-refractivity contribution >= 4 is 0 Å². The zero-order valence-electron chi connectivity index (χ0n) is 12.8. The van der Waals surface area contributed by atoms with E-state index < -0.39 is 0 Å². The van der Waals surface area contributed by atoms with Gasteiger partial charge in [-0.1, -0.05) is 56.9 Å². The van der Waals surface area contributed by atoms with Gasteiger partial charge in [0.15, 0.2) is 0 Å². The van der Waals surface area contributed by atoms with E-state index in [1.165, 1.54) is 50.5 Å². The van der Waals surface area contributed by atoms with E-state index in [9.17, 15) is 0 Å². The number of rotatable bonds is 7. The predicted molar refractivity (Wildman–Crippen MR) is 83.6 cm³/mol. The van der Waals surface area contributed by atoms with Crippen molar-refractivity contribution in [3.63, 3.8) is 0 Å². The van der Waals surface area contributed by atoms with Gasteiger partial charge < -0.3 is 5.32 Å². The molecule has 1 aromatic carbocycles. The molecule has 1 heteroatoms. The van der Waals surface area contributed by atoms with Gasteiger partial charge in [0.2, 0.25) is 0 Å². The molecular weight excluding hydrogens is 230 g/mol. The summed E-state index contributed by atoms with van der Waals surface area (Å²) in [5.74, 6) is 0. The summed E-state index contributed by atoms with van der Waals surface area (Å²) in [5, 5.41) is 3.94. The van der Waals surface area contributed by atoms with E-state index >= 15 is 0 Å². The third-order valence-corrected chi connectivity index (χ3v) is 4.36. The fraction of sp³-hybridized carbons (Fsp3) is 0.667. The lowest BCUT2D eigenvalue weighted by Crippen LogP contribution is -2.31. The van der Waals surface area contributed by atoms with Gasteiger partial charge in [0, 0.05) is 12.1 Å². The van der Waals surface area contributed by atoms with Crippen LogP contribution in [0.5, 0.6) is 0 Å². The molecule has 1 N–H and O–H groups in total. The molecule has 0 radical (unpaired) electrons. The van der Waals surface area contributed by atoms with Crippen LogP contribution in [0.1, 0.15) is 75.1 Å². The summed E-state index contributed by atoms with van der Waals surface area (Å²) in [6, 6.07) is 8.28. The van der Waals surface area contributed by atoms with Gasteiger partial charge in [-0.05, 0) is 43.7 Å². The molecule has 0 aromatic heterocycles. The molecule has 0 heterocycles. The van der Waals surface area contributed by atoms with E-state index in [0.717, 1.165) is 0 Å². The van der Waals surface area contributed by atoms with Gasteiger partial charge in [-0.2, -0.15) is 0 Å². The molecule has 0 bridgehead atoms. The molecule has 0 saturated carbocycles. The Bertz CT molecular complexity index is 397. The normalized spacial score (nSPS) is 19.4. The first-order valence-corrected chi connectivity index (χ1v) is 8.10. The Morgan fingerprint density at radius 3 is 2.79 bits per heavy atom. The minimum absolute atomic E-state index is 0.600. The minimum atomic E-state index is 0.600. The van der Waals surface area contributed by atoms with Gasteiger partial charge in [-0.25, -0.2) is 0 Å². The molecule has 1 aliphatic carbocycles. The van der Waals surface area contributed by atoms with Gasteiger partial charge in [-0.3, -0.25) is 0 Å². The minimum Gasteiger partial charge on any atom is -0.307 e. The Labute approximate surface area is 118 Å². The van der Waals surface area contributed by atoms with E-state index in [1.54, 1.807) is 11.1 Å². The van der Waals surface area contributed by atoms with Gasteiger partial charge in [0.25, 0.3) is 0 Å². The number of fused-ring (bicyclic) bond motifs is 1. The van der Waals surface area contributed by atoms with Crippen molar-refractivity contribution in [2.24, 2.45) is 0 Å². The lowest BCUT2D eigenvalue weighted by molar-refractivity contribution is 0.381. The van der Waals surface area contributed by atoms with Crippen LogP contribution in [0.25, 0.3) is 0 Å². The molecule has 2 unspecified atom stereocenters. The highest BCUT2D eigenvalue weighted by Crippen LogP contribution is 2.32. The lowest BCUT2D eigenvalue weighted by atomic mass is 10.0. The molecule has 1 nitrogen and oxygen atoms in total. The number of aryl methyl sites for hydroxylation is 2. The second-order valence-corrected chi connectivity index (χ2v) is 6.09. The molecule has 0 saturated heterocycles. The number of benzene rings is 1. The second-order valence-electron chi connectivity index (χ2n) is 6.09. The van der Waals surface area contributed by atoms with E-state index in [0.29, 0.717) is 12.1 Å². The Morgan fingerprint density at radius 2 is 2.05 bits per heavy atom. The summed E-state index contributed by atoms with van der Waals surface area (Å²) in [4.78, 5) is 0. The van der Waals surface area contributed by atoms with Crippen LogP contribution in [-0.2, 0) is 6.42 Å². The van der Waals surface area contributed by atoms with Crippen LogP contribution < -0.4 is 5.32 Å². The summed E-state index contributed by atoms with van der Waals surface area (Å²) in [6.07, 6.45) is 9.13. The molecule has 19 heavy (non-hydrogen) atoms. The van der Waals surface area contributed by atoms with Crippen molar-refractivity contribution in [2.75, 3.05) is 0 Å². The highest BCUT2D eigenvalue weighted by Gasteiger charge is 2.24. The van der Waals surface area contributed by atoms with Crippen LogP contribution >= 0.6 is 0 Å². The van der Waals surface area contributed by atoms with E-state index in [2.05, 4.69) is 44.3 Å².